The zero-order chi connectivity index (χ0) is 38.2. The molecule has 0 aliphatic rings. The number of esters is 2. The van der Waals surface area contributed by atoms with Crippen molar-refractivity contribution in [2.45, 2.75) is 12.2 Å². The number of nitrogens with one attached hydrogen (secondary N) is 1. The van der Waals surface area contributed by atoms with E-state index < -0.39 is 60.5 Å². The van der Waals surface area contributed by atoms with E-state index in [0.29, 0.717) is 0 Å². The van der Waals surface area contributed by atoms with Gasteiger partial charge in [-0.15, -0.1) is 10.2 Å². The Labute approximate surface area is 291 Å². The first kappa shape index (κ1) is 38.9. The van der Waals surface area contributed by atoms with Crippen molar-refractivity contribution < 1.29 is 80.9 Å². The lowest BCUT2D eigenvalue weighted by Gasteiger charge is -2.21. The minimum Gasteiger partial charge on any atom is -0.446 e. The van der Waals surface area contributed by atoms with E-state index in [4.69, 9.17) is 34.2 Å². The number of benzene rings is 2. The van der Waals surface area contributed by atoms with Gasteiger partial charge in [0.05, 0.1) is 28.4 Å². The second kappa shape index (κ2) is 18.9. The Balaban J connectivity index is 1.81. The number of nitrogens with two attached hydrogens (primary N) is 1. The Morgan fingerprint density at radius 2 is 1.06 bits per heavy atom. The van der Waals surface area contributed by atoms with Gasteiger partial charge in [0, 0.05) is 12.2 Å². The van der Waals surface area contributed by atoms with Crippen molar-refractivity contribution in [3.63, 3.8) is 0 Å². The highest BCUT2D eigenvalue weighted by Gasteiger charge is 2.37. The Bertz CT molecular complexity index is 1860. The molecule has 0 radical (unpaired) electrons. The van der Waals surface area contributed by atoms with Gasteiger partial charge in [-0.2, -0.15) is 5.21 Å². The van der Waals surface area contributed by atoms with Crippen molar-refractivity contribution in [1.29, 1.82) is 0 Å². The van der Waals surface area contributed by atoms with E-state index in [2.05, 4.69) is 39.6 Å². The smallest absolute Gasteiger partial charge is 0.446 e. The number of aromatic amines is 1. The van der Waals surface area contributed by atoms with Gasteiger partial charge in [0.1, 0.15) is 0 Å². The van der Waals surface area contributed by atoms with Crippen LogP contribution in [0.4, 0.5) is 19.2 Å². The van der Waals surface area contributed by atoms with Crippen LogP contribution in [-0.4, -0.2) is 97.6 Å². The maximum Gasteiger partial charge on any atom is 0.513 e. The van der Waals surface area contributed by atoms with Crippen LogP contribution in [0.25, 0.3) is 12.2 Å². The number of ether oxygens (including phenoxy) is 10. The summed E-state index contributed by atoms with van der Waals surface area (Å²) in [4.78, 5) is 84.5. The summed E-state index contributed by atoms with van der Waals surface area (Å²) in [6, 6.07) is 7.51. The third-order valence-corrected chi connectivity index (χ3v) is 5.86. The maximum absolute atomic E-state index is 12.9. The van der Waals surface area contributed by atoms with E-state index in [9.17, 15) is 33.6 Å². The molecule has 3 N–H and O–H groups in total. The third-order valence-electron chi connectivity index (χ3n) is 5.86. The fourth-order valence-corrected chi connectivity index (χ4v) is 3.58. The van der Waals surface area contributed by atoms with E-state index in [1.807, 2.05) is 0 Å². The molecule has 2 atom stereocenters. The highest BCUT2D eigenvalue weighted by molar-refractivity contribution is 5.91. The summed E-state index contributed by atoms with van der Waals surface area (Å²) >= 11 is 0. The van der Waals surface area contributed by atoms with E-state index in [1.165, 1.54) is 42.5 Å². The highest BCUT2D eigenvalue weighted by atomic mass is 16.8. The maximum atomic E-state index is 12.9. The second-order valence-corrected chi connectivity index (χ2v) is 9.19. The molecule has 0 aliphatic heterocycles. The number of carbonyl (C=O) groups excluding carboxylic acids is 7. The average Bonchev–Trinajstić information content (AvgIpc) is 3.67. The number of hydrogen-bond acceptors (Lipinski definition) is 20. The molecule has 52 heavy (non-hydrogen) atoms. The van der Waals surface area contributed by atoms with E-state index in [0.717, 1.165) is 46.7 Å². The molecule has 274 valence electrons. The highest BCUT2D eigenvalue weighted by Crippen LogP contribution is 2.31. The quantitative estimate of drug-likeness (QED) is 0.110. The van der Waals surface area contributed by atoms with Gasteiger partial charge in [0.25, 0.3) is 5.91 Å². The van der Waals surface area contributed by atoms with Gasteiger partial charge in [-0.05, 0) is 47.5 Å². The van der Waals surface area contributed by atoms with Crippen LogP contribution in [0.1, 0.15) is 23.1 Å². The van der Waals surface area contributed by atoms with Crippen LogP contribution >= 0.6 is 0 Å². The summed E-state index contributed by atoms with van der Waals surface area (Å²) in [5, 5.41) is 12.8. The summed E-state index contributed by atoms with van der Waals surface area (Å²) in [5.74, 6) is -5.05. The summed E-state index contributed by atoms with van der Waals surface area (Å²) in [6.45, 7) is 0. The summed E-state index contributed by atoms with van der Waals surface area (Å²) in [7, 11) is 4.19. The molecule has 22 heteroatoms. The number of H-pyrrole nitrogens is 1. The lowest BCUT2D eigenvalue weighted by atomic mass is 10.1. The van der Waals surface area contributed by atoms with Crippen molar-refractivity contribution >= 4 is 54.6 Å². The van der Waals surface area contributed by atoms with E-state index in [-0.39, 0.29) is 34.1 Å². The number of nitrogens with zero attached hydrogens (tertiary/aromatic N) is 3. The van der Waals surface area contributed by atoms with Gasteiger partial charge in [-0.25, -0.2) is 28.8 Å². The fourth-order valence-electron chi connectivity index (χ4n) is 3.58. The zero-order valence-corrected chi connectivity index (χ0v) is 27.3. The number of carbonyl (C=O) groups is 7. The Morgan fingerprint density at radius 3 is 1.44 bits per heavy atom. The fraction of sp³-hybridized carbons (Fsp3) is 0.200. The minimum absolute atomic E-state index is 0.194. The Hall–Kier alpha value is -7.52. The molecule has 0 unspecified atom stereocenters. The number of aromatic nitrogens is 4. The number of amides is 1. The van der Waals surface area contributed by atoms with Crippen molar-refractivity contribution in [1.82, 2.24) is 20.6 Å². The molecular formula is C30H27N5O17. The van der Waals surface area contributed by atoms with Crippen molar-refractivity contribution in [2.75, 3.05) is 28.4 Å². The zero-order valence-electron chi connectivity index (χ0n) is 27.3. The van der Waals surface area contributed by atoms with Crippen LogP contribution in [0.2, 0.25) is 0 Å². The van der Waals surface area contributed by atoms with E-state index >= 15 is 0 Å². The molecule has 0 bridgehead atoms. The summed E-state index contributed by atoms with van der Waals surface area (Å²) < 4.78 is 48.0. The molecular weight excluding hydrogens is 702 g/mol. The summed E-state index contributed by atoms with van der Waals surface area (Å²) in [5.41, 5.74) is 5.87. The lowest BCUT2D eigenvalue weighted by Crippen LogP contribution is -2.40. The average molecular weight is 730 g/mol. The first-order valence-corrected chi connectivity index (χ1v) is 14.0. The molecule has 3 rings (SSSR count). The van der Waals surface area contributed by atoms with Crippen molar-refractivity contribution in [3.8, 4) is 23.0 Å². The minimum atomic E-state index is -2.00. The monoisotopic (exact) mass is 729 g/mol. The number of rotatable bonds is 13. The molecule has 0 aliphatic carbocycles. The largest absolute Gasteiger partial charge is 0.513 e. The molecule has 1 heterocycles. The molecule has 1 aromatic heterocycles. The van der Waals surface area contributed by atoms with Gasteiger partial charge in [-0.3, -0.25) is 4.79 Å². The Kier molecular flexibility index (Phi) is 14.1. The number of tetrazole rings is 1. The van der Waals surface area contributed by atoms with Gasteiger partial charge < -0.3 is 53.1 Å². The van der Waals surface area contributed by atoms with Gasteiger partial charge >= 0.3 is 36.6 Å². The van der Waals surface area contributed by atoms with Crippen LogP contribution in [0.5, 0.6) is 23.0 Å². The molecule has 0 saturated carbocycles. The standard InChI is InChI=1S/C30H27N5O17/c1-43-27(39)47-17-9-5-15(13-19(17)49-29(41)45-3)7-11-21(36)51-23(25(31)38)24(26-32-34-35-33-26)52-22(37)12-8-16-6-10-18(48-28(40)44-2)20(14-16)50-30(42)46-4/h5-14,23-24H,1-4H3,(H2,31,38)(H,32,33,34,35)/b11-7+,12-8+/t23-,24-/m1/s1. The van der Waals surface area contributed by atoms with Gasteiger partial charge in [0.15, 0.2) is 23.0 Å². The van der Waals surface area contributed by atoms with Gasteiger partial charge in [0.2, 0.25) is 18.0 Å². The number of methoxy groups -OCH3 is 4. The second-order valence-electron chi connectivity index (χ2n) is 9.19. The molecule has 0 saturated heterocycles. The Morgan fingerprint density at radius 1 is 0.635 bits per heavy atom. The molecule has 1 amide bonds. The van der Waals surface area contributed by atoms with Crippen LogP contribution in [-0.2, 0) is 42.8 Å². The normalized spacial score (nSPS) is 11.8. The van der Waals surface area contributed by atoms with Gasteiger partial charge in [-0.1, -0.05) is 17.3 Å². The topological polar surface area (TPSA) is 292 Å². The molecule has 0 fully saturated rings. The van der Waals surface area contributed by atoms with E-state index in [1.54, 1.807) is 0 Å². The third kappa shape index (κ3) is 11.6. The molecule has 3 aromatic rings. The lowest BCUT2D eigenvalue weighted by molar-refractivity contribution is -0.167. The van der Waals surface area contributed by atoms with Crippen molar-refractivity contribution in [2.24, 2.45) is 5.73 Å². The van der Waals surface area contributed by atoms with Crippen LogP contribution in [0.3, 0.4) is 0 Å². The SMILES string of the molecule is COC(=O)Oc1ccc(/C=C/C(=O)O[C@@H](C(N)=O)[C@@H](OC(=O)/C=C/c2ccc(OC(=O)OC)c(OC(=O)OC)c2)c2nn[nH]n2)cc1OC(=O)OC. The summed E-state index contributed by atoms with van der Waals surface area (Å²) in [6.07, 6.45) is -4.33. The molecule has 22 nitrogen and oxygen atoms in total. The first-order valence-electron chi connectivity index (χ1n) is 14.0. The van der Waals surface area contributed by atoms with Crippen LogP contribution in [0.15, 0.2) is 48.6 Å². The predicted octanol–water partition coefficient (Wildman–Crippen LogP) is 2.19. The molecule has 0 spiro atoms. The number of hydrogen-bond donors (Lipinski definition) is 2. The van der Waals surface area contributed by atoms with Crippen molar-refractivity contribution in [3.05, 3.63) is 65.5 Å². The molecule has 2 aromatic carbocycles. The number of primary amides is 1. The first-order chi connectivity index (χ1) is 24.9. The van der Waals surface area contributed by atoms with Crippen LogP contribution in [0, 0.1) is 0 Å². The van der Waals surface area contributed by atoms with Crippen LogP contribution < -0.4 is 24.7 Å². The predicted molar refractivity (Wildman–Crippen MR) is 165 cm³/mol.